The van der Waals surface area contributed by atoms with E-state index < -0.39 is 41.0 Å². The number of aliphatic carboxylic acids is 1. The summed E-state index contributed by atoms with van der Waals surface area (Å²) in [6.45, 7) is 0.375. The molecule has 6 nitrogen and oxygen atoms in total. The molecule has 8 rings (SSSR count). The fraction of sp³-hybridized carbons (Fsp3) is 0.333. The molecule has 0 aliphatic heterocycles. The molecule has 33 heavy (non-hydrogen) atoms. The van der Waals surface area contributed by atoms with Crippen LogP contribution in [0.25, 0.3) is 21.9 Å². The highest BCUT2D eigenvalue weighted by atomic mass is 16.4. The van der Waals surface area contributed by atoms with E-state index in [1.165, 1.54) is 0 Å². The molecule has 4 aromatic rings. The molecule has 0 atom stereocenters. The van der Waals surface area contributed by atoms with E-state index in [0.29, 0.717) is 23.4 Å². The van der Waals surface area contributed by atoms with Crippen molar-refractivity contribution in [2.75, 3.05) is 0 Å². The number of carboxylic acid groups (broad SMARTS) is 1. The van der Waals surface area contributed by atoms with Gasteiger partial charge in [-0.3, -0.25) is 9.59 Å². The van der Waals surface area contributed by atoms with Gasteiger partial charge in [0.1, 0.15) is 11.3 Å². The van der Waals surface area contributed by atoms with Crippen molar-refractivity contribution < 1.29 is 24.6 Å². The Morgan fingerprint density at radius 3 is 2.55 bits per heavy atom. The van der Waals surface area contributed by atoms with Crippen molar-refractivity contribution in [2.24, 2.45) is 10.8 Å². The van der Waals surface area contributed by atoms with Crippen LogP contribution in [0.5, 0.6) is 0 Å². The number of nitrogens with zero attached hydrogens (tertiary/aromatic N) is 1. The maximum absolute atomic E-state index is 13.8. The second-order valence-electron chi connectivity index (χ2n) is 9.79. The van der Waals surface area contributed by atoms with Crippen LogP contribution in [0.3, 0.4) is 0 Å². The molecule has 0 spiro atoms. The number of amides is 1. The summed E-state index contributed by atoms with van der Waals surface area (Å²) in [5.74, 6) is -0.798. The van der Waals surface area contributed by atoms with E-state index in [1.54, 1.807) is 12.1 Å². The van der Waals surface area contributed by atoms with Crippen molar-refractivity contribution in [3.05, 3.63) is 72.1 Å². The highest BCUT2D eigenvalue weighted by Crippen LogP contribution is 2.81. The summed E-state index contributed by atoms with van der Waals surface area (Å²) in [6, 6.07) is 16.8. The predicted molar refractivity (Wildman–Crippen MR) is 123 cm³/mol. The van der Waals surface area contributed by atoms with Crippen LogP contribution in [0.15, 0.2) is 65.2 Å². The Hall–Kier alpha value is -3.54. The summed E-state index contributed by atoms with van der Waals surface area (Å²) in [6.07, 6.45) is -2.27. The SMILES string of the molecule is [2H]C1([2H])C([2H])([2H])C1(NC(=O)c1cccc2ccn(Cc3cc4ccccc4o3)c12)C12CC(C(=O)O)(C1)C2. The van der Waals surface area contributed by atoms with Gasteiger partial charge in [-0.1, -0.05) is 30.3 Å². The van der Waals surface area contributed by atoms with Crippen molar-refractivity contribution in [1.82, 2.24) is 9.88 Å². The first-order chi connectivity index (χ1) is 17.5. The number of furan rings is 1. The lowest BCUT2D eigenvalue weighted by Crippen LogP contribution is -2.73. The number of carbonyl (C=O) groups is 2. The van der Waals surface area contributed by atoms with Gasteiger partial charge in [-0.05, 0) is 61.7 Å². The second-order valence-corrected chi connectivity index (χ2v) is 9.79. The van der Waals surface area contributed by atoms with Crippen molar-refractivity contribution in [1.29, 1.82) is 0 Å². The Morgan fingerprint density at radius 1 is 1.06 bits per heavy atom. The lowest BCUT2D eigenvalue weighted by atomic mass is 9.32. The standard InChI is InChI=1S/C27H24N2O4/c30-23(28-27(9-10-27)26-14-25(15-26,16-26)24(31)32)20-6-3-5-17-8-11-29(22(17)20)13-19-12-18-4-1-2-7-21(18)33-19/h1-8,11-12H,9-10,13-16H2,(H,28,30)(H,31,32)/i9D2,10D2. The summed E-state index contributed by atoms with van der Waals surface area (Å²) in [7, 11) is 0. The van der Waals surface area contributed by atoms with Gasteiger partial charge in [0, 0.05) is 28.0 Å². The average Bonchev–Trinajstić information content (AvgIpc) is 3.24. The summed E-state index contributed by atoms with van der Waals surface area (Å²) in [5.41, 5.74) is -1.90. The number of carbonyl (C=O) groups excluding carboxylic acids is 1. The molecule has 6 heteroatoms. The number of benzene rings is 2. The molecule has 2 aromatic carbocycles. The Labute approximate surface area is 195 Å². The van der Waals surface area contributed by atoms with Crippen LogP contribution in [0.4, 0.5) is 0 Å². The third kappa shape index (κ3) is 2.49. The average molecular weight is 445 g/mol. The van der Waals surface area contributed by atoms with E-state index in [1.807, 2.05) is 53.2 Å². The van der Waals surface area contributed by atoms with Crippen LogP contribution >= 0.6 is 0 Å². The van der Waals surface area contributed by atoms with Crippen LogP contribution in [0.1, 0.15) is 53.6 Å². The van der Waals surface area contributed by atoms with Gasteiger partial charge in [-0.25, -0.2) is 0 Å². The Morgan fingerprint density at radius 2 is 1.82 bits per heavy atom. The van der Waals surface area contributed by atoms with Gasteiger partial charge in [-0.2, -0.15) is 0 Å². The van der Waals surface area contributed by atoms with Crippen LogP contribution in [0.2, 0.25) is 0 Å². The first-order valence-corrected chi connectivity index (χ1v) is 11.1. The number of para-hydroxylation sites is 2. The lowest BCUT2D eigenvalue weighted by molar-refractivity contribution is -0.236. The molecule has 166 valence electrons. The normalized spacial score (nSPS) is 31.4. The van der Waals surface area contributed by atoms with Gasteiger partial charge in [0.05, 0.1) is 23.0 Å². The van der Waals surface area contributed by atoms with Crippen LogP contribution in [-0.4, -0.2) is 27.1 Å². The van der Waals surface area contributed by atoms with Gasteiger partial charge in [0.15, 0.2) is 0 Å². The van der Waals surface area contributed by atoms with Crippen molar-refractivity contribution in [2.45, 2.75) is 44.1 Å². The van der Waals surface area contributed by atoms with E-state index >= 15 is 0 Å². The van der Waals surface area contributed by atoms with E-state index in [2.05, 4.69) is 5.32 Å². The number of aromatic nitrogens is 1. The van der Waals surface area contributed by atoms with Gasteiger partial charge < -0.3 is 19.4 Å². The monoisotopic (exact) mass is 444 g/mol. The van der Waals surface area contributed by atoms with Crippen molar-refractivity contribution >= 4 is 33.7 Å². The van der Waals surface area contributed by atoms with E-state index in [-0.39, 0.29) is 19.3 Å². The van der Waals surface area contributed by atoms with E-state index in [9.17, 15) is 14.7 Å². The Kier molecular flexibility index (Phi) is 2.82. The second kappa shape index (κ2) is 6.07. The zero-order valence-corrected chi connectivity index (χ0v) is 17.7. The minimum atomic E-state index is -2.31. The molecule has 4 aliphatic carbocycles. The van der Waals surface area contributed by atoms with Gasteiger partial charge in [0.25, 0.3) is 5.91 Å². The molecule has 2 heterocycles. The summed E-state index contributed by atoms with van der Waals surface area (Å²) in [5, 5.41) is 14.1. The highest BCUT2D eigenvalue weighted by molar-refractivity contribution is 6.06. The molecule has 4 fully saturated rings. The van der Waals surface area contributed by atoms with Crippen LogP contribution in [-0.2, 0) is 11.3 Å². The predicted octanol–water partition coefficient (Wildman–Crippen LogP) is 4.95. The smallest absolute Gasteiger partial charge is 0.309 e. The molecule has 2 N–H and O–H groups in total. The molecular formula is C27H24N2O4. The molecule has 4 aliphatic rings. The first-order valence-electron chi connectivity index (χ1n) is 13.1. The Bertz CT molecular complexity index is 1590. The molecule has 4 saturated carbocycles. The van der Waals surface area contributed by atoms with Gasteiger partial charge in [0.2, 0.25) is 0 Å². The number of fused-ring (bicyclic) bond motifs is 2. The zero-order chi connectivity index (χ0) is 26.0. The van der Waals surface area contributed by atoms with Gasteiger partial charge in [-0.15, -0.1) is 0 Å². The third-order valence-electron chi connectivity index (χ3n) is 7.79. The molecule has 1 amide bonds. The fourth-order valence-corrected chi connectivity index (χ4v) is 6.03. The molecule has 2 bridgehead atoms. The van der Waals surface area contributed by atoms with Crippen LogP contribution in [0, 0.1) is 10.8 Å². The Balaban J connectivity index is 1.25. The maximum atomic E-state index is 13.8. The molecular weight excluding hydrogens is 416 g/mol. The molecule has 0 radical (unpaired) electrons. The summed E-state index contributed by atoms with van der Waals surface area (Å²) >= 11 is 0. The summed E-state index contributed by atoms with van der Waals surface area (Å²) < 4.78 is 41.8. The first kappa shape index (κ1) is 15.3. The molecule has 0 unspecified atom stereocenters. The topological polar surface area (TPSA) is 84.5 Å². The lowest BCUT2D eigenvalue weighted by Gasteiger charge is -2.71. The highest BCUT2D eigenvalue weighted by Gasteiger charge is 2.81. The van der Waals surface area contributed by atoms with E-state index in [4.69, 9.17) is 9.90 Å². The number of nitrogens with one attached hydrogen (secondary N) is 1. The van der Waals surface area contributed by atoms with E-state index in [0.717, 1.165) is 16.4 Å². The van der Waals surface area contributed by atoms with Crippen molar-refractivity contribution in [3.8, 4) is 0 Å². The minimum absolute atomic E-state index is 0.168. The number of rotatable bonds is 6. The maximum Gasteiger partial charge on any atom is 0.309 e. The van der Waals surface area contributed by atoms with Crippen molar-refractivity contribution in [3.63, 3.8) is 0 Å². The largest absolute Gasteiger partial charge is 0.481 e. The molecule has 0 saturated heterocycles. The zero-order valence-electron chi connectivity index (χ0n) is 21.7. The fourth-order valence-electron chi connectivity index (χ4n) is 6.03. The summed E-state index contributed by atoms with van der Waals surface area (Å²) in [4.78, 5) is 25.4. The minimum Gasteiger partial charge on any atom is -0.481 e. The number of hydrogen-bond acceptors (Lipinski definition) is 3. The van der Waals surface area contributed by atoms with Crippen LogP contribution < -0.4 is 5.32 Å². The third-order valence-corrected chi connectivity index (χ3v) is 7.79. The quantitative estimate of drug-likeness (QED) is 0.441. The number of hydrogen-bond donors (Lipinski definition) is 2. The number of carboxylic acids is 1. The van der Waals surface area contributed by atoms with Gasteiger partial charge >= 0.3 is 5.97 Å². The molecule has 2 aromatic heterocycles.